The van der Waals surface area contributed by atoms with Gasteiger partial charge in [0.15, 0.2) is 5.76 Å². The van der Waals surface area contributed by atoms with E-state index < -0.39 is 0 Å². The van der Waals surface area contributed by atoms with E-state index in [1.807, 2.05) is 30.5 Å². The second-order valence-corrected chi connectivity index (χ2v) is 8.12. The summed E-state index contributed by atoms with van der Waals surface area (Å²) in [6, 6.07) is 5.93. The van der Waals surface area contributed by atoms with E-state index in [2.05, 4.69) is 25.3 Å². The highest BCUT2D eigenvalue weighted by Gasteiger charge is 2.27. The van der Waals surface area contributed by atoms with Crippen molar-refractivity contribution in [3.05, 3.63) is 52.4 Å². The average Bonchev–Trinajstić information content (AvgIpc) is 3.38. The molecule has 7 nitrogen and oxygen atoms in total. The minimum atomic E-state index is 0.0582. The highest BCUT2D eigenvalue weighted by atomic mass is 32.1. The summed E-state index contributed by atoms with van der Waals surface area (Å²) in [7, 11) is 0. The van der Waals surface area contributed by atoms with Crippen LogP contribution in [-0.4, -0.2) is 45.6 Å². The Labute approximate surface area is 167 Å². The van der Waals surface area contributed by atoms with Crippen LogP contribution in [-0.2, 0) is 11.3 Å². The van der Waals surface area contributed by atoms with Crippen LogP contribution < -0.4 is 5.32 Å². The average molecular weight is 398 g/mol. The fourth-order valence-electron chi connectivity index (χ4n) is 3.62. The van der Waals surface area contributed by atoms with Gasteiger partial charge < -0.3 is 9.84 Å². The quantitative estimate of drug-likeness (QED) is 0.688. The summed E-state index contributed by atoms with van der Waals surface area (Å²) >= 11 is 1.65. The lowest BCUT2D eigenvalue weighted by molar-refractivity contribution is -0.122. The third kappa shape index (κ3) is 4.45. The first-order valence-corrected chi connectivity index (χ1v) is 10.3. The summed E-state index contributed by atoms with van der Waals surface area (Å²) in [6.07, 6.45) is 5.43. The lowest BCUT2D eigenvalue weighted by atomic mass is 9.91. The molecule has 3 aromatic rings. The van der Waals surface area contributed by atoms with Crippen molar-refractivity contribution in [3.8, 4) is 11.3 Å². The van der Waals surface area contributed by atoms with Crippen LogP contribution in [0.4, 0.5) is 0 Å². The number of amides is 1. The van der Waals surface area contributed by atoms with Crippen molar-refractivity contribution in [1.29, 1.82) is 0 Å². The van der Waals surface area contributed by atoms with Gasteiger partial charge in [-0.15, -0.1) is 11.3 Å². The van der Waals surface area contributed by atoms with E-state index in [9.17, 15) is 4.79 Å². The molecule has 0 aromatic carbocycles. The first kappa shape index (κ1) is 18.8. The fraction of sp³-hybridized carbons (Fsp3) is 0.400. The fourth-order valence-corrected chi connectivity index (χ4v) is 4.27. The number of aryl methyl sites for hydroxylation is 1. The molecule has 0 bridgehead atoms. The normalized spacial score (nSPS) is 17.5. The third-order valence-electron chi connectivity index (χ3n) is 4.94. The van der Waals surface area contributed by atoms with E-state index in [0.717, 1.165) is 47.8 Å². The molecule has 1 aliphatic heterocycles. The molecule has 0 unspecified atom stereocenters. The van der Waals surface area contributed by atoms with Crippen molar-refractivity contribution in [2.24, 2.45) is 0 Å². The van der Waals surface area contributed by atoms with Crippen molar-refractivity contribution in [2.45, 2.75) is 32.2 Å². The first-order valence-electron chi connectivity index (χ1n) is 9.44. The van der Waals surface area contributed by atoms with Crippen LogP contribution in [0.15, 0.2) is 40.6 Å². The number of piperidine rings is 1. The molecule has 146 valence electrons. The van der Waals surface area contributed by atoms with Crippen molar-refractivity contribution in [2.75, 3.05) is 19.6 Å². The summed E-state index contributed by atoms with van der Waals surface area (Å²) in [5.41, 5.74) is 2.68. The summed E-state index contributed by atoms with van der Waals surface area (Å²) in [4.78, 5) is 24.4. The van der Waals surface area contributed by atoms with Gasteiger partial charge in [0.25, 0.3) is 0 Å². The third-order valence-corrected chi connectivity index (χ3v) is 5.81. The lowest BCUT2D eigenvalue weighted by Crippen LogP contribution is -2.42. The van der Waals surface area contributed by atoms with E-state index in [1.54, 1.807) is 23.9 Å². The topological polar surface area (TPSA) is 84.2 Å². The minimum absolute atomic E-state index is 0.0582. The Morgan fingerprint density at radius 2 is 2.39 bits per heavy atom. The summed E-state index contributed by atoms with van der Waals surface area (Å²) in [5.74, 6) is 0.990. The van der Waals surface area contributed by atoms with Gasteiger partial charge in [-0.2, -0.15) is 0 Å². The molecule has 1 atom stereocenters. The van der Waals surface area contributed by atoms with Gasteiger partial charge in [-0.25, -0.2) is 9.97 Å². The maximum atomic E-state index is 12.3. The number of rotatable bonds is 6. The summed E-state index contributed by atoms with van der Waals surface area (Å²) in [5, 5.41) is 9.01. The standard InChI is InChI=1S/C20H23N5O2S/c1-14-8-18(27-24-14)17-10-21-13-23-20(17)15-4-2-6-25(11-15)12-19(26)22-9-16-5-3-7-28-16/h3,5,7-8,10,13,15H,2,4,6,9,11-12H2,1H3,(H,22,26)/t15-/m0/s1. The highest BCUT2D eigenvalue weighted by Crippen LogP contribution is 2.32. The van der Waals surface area contributed by atoms with Gasteiger partial charge in [0.05, 0.1) is 30.0 Å². The number of aromatic nitrogens is 3. The zero-order chi connectivity index (χ0) is 19.3. The Morgan fingerprint density at radius 3 is 3.18 bits per heavy atom. The Morgan fingerprint density at radius 1 is 1.46 bits per heavy atom. The maximum absolute atomic E-state index is 12.3. The summed E-state index contributed by atoms with van der Waals surface area (Å²) < 4.78 is 5.43. The van der Waals surface area contributed by atoms with E-state index in [1.165, 1.54) is 0 Å². The molecule has 1 N–H and O–H groups in total. The van der Waals surface area contributed by atoms with E-state index in [-0.39, 0.29) is 11.8 Å². The van der Waals surface area contributed by atoms with Gasteiger partial charge in [-0.3, -0.25) is 9.69 Å². The van der Waals surface area contributed by atoms with Crippen LogP contribution >= 0.6 is 11.3 Å². The van der Waals surface area contributed by atoms with Crippen molar-refractivity contribution in [3.63, 3.8) is 0 Å². The molecule has 0 aliphatic carbocycles. The number of carbonyl (C=O) groups excluding carboxylic acids is 1. The molecule has 1 fully saturated rings. The second kappa shape index (κ2) is 8.62. The molecule has 0 radical (unpaired) electrons. The van der Waals surface area contributed by atoms with Crippen LogP contribution in [0.5, 0.6) is 0 Å². The lowest BCUT2D eigenvalue weighted by Gasteiger charge is -2.32. The largest absolute Gasteiger partial charge is 0.356 e. The molecule has 3 aromatic heterocycles. The van der Waals surface area contributed by atoms with Crippen molar-refractivity contribution >= 4 is 17.2 Å². The molecule has 0 saturated carbocycles. The molecular weight excluding hydrogens is 374 g/mol. The van der Waals surface area contributed by atoms with Crippen molar-refractivity contribution < 1.29 is 9.32 Å². The highest BCUT2D eigenvalue weighted by molar-refractivity contribution is 7.09. The van der Waals surface area contributed by atoms with E-state index in [4.69, 9.17) is 4.52 Å². The predicted octanol–water partition coefficient (Wildman–Crippen LogP) is 3.00. The Kier molecular flexibility index (Phi) is 5.78. The minimum Gasteiger partial charge on any atom is -0.356 e. The molecule has 4 heterocycles. The Balaban J connectivity index is 1.41. The van der Waals surface area contributed by atoms with Crippen LogP contribution in [0.25, 0.3) is 11.3 Å². The number of hydrogen-bond acceptors (Lipinski definition) is 7. The van der Waals surface area contributed by atoms with Crippen molar-refractivity contribution in [1.82, 2.24) is 25.3 Å². The monoisotopic (exact) mass is 397 g/mol. The second-order valence-electron chi connectivity index (χ2n) is 7.08. The zero-order valence-corrected chi connectivity index (χ0v) is 16.6. The molecule has 28 heavy (non-hydrogen) atoms. The van der Waals surface area contributed by atoms with Gasteiger partial charge >= 0.3 is 0 Å². The SMILES string of the molecule is Cc1cc(-c2cncnc2[C@H]2CCCN(CC(=O)NCc3cccs3)C2)on1. The predicted molar refractivity (Wildman–Crippen MR) is 107 cm³/mol. The summed E-state index contributed by atoms with van der Waals surface area (Å²) in [6.45, 7) is 4.61. The zero-order valence-electron chi connectivity index (χ0n) is 15.8. The van der Waals surface area contributed by atoms with Gasteiger partial charge in [0.2, 0.25) is 5.91 Å². The molecule has 1 aliphatic rings. The maximum Gasteiger partial charge on any atom is 0.234 e. The number of likely N-dealkylation sites (tertiary alicyclic amines) is 1. The molecule has 8 heteroatoms. The Hall–Kier alpha value is -2.58. The smallest absolute Gasteiger partial charge is 0.234 e. The van der Waals surface area contributed by atoms with Crippen LogP contribution in [0, 0.1) is 6.92 Å². The number of thiophene rings is 1. The number of nitrogens with zero attached hydrogens (tertiary/aromatic N) is 4. The van der Waals surface area contributed by atoms with Crippen LogP contribution in [0.1, 0.15) is 35.0 Å². The van der Waals surface area contributed by atoms with Gasteiger partial charge in [-0.05, 0) is 37.8 Å². The van der Waals surface area contributed by atoms with Crippen LogP contribution in [0.3, 0.4) is 0 Å². The molecule has 1 saturated heterocycles. The molecule has 1 amide bonds. The van der Waals surface area contributed by atoms with Gasteiger partial charge in [-0.1, -0.05) is 11.2 Å². The number of carbonyl (C=O) groups is 1. The van der Waals surface area contributed by atoms with Gasteiger partial charge in [0.1, 0.15) is 6.33 Å². The molecule has 4 rings (SSSR count). The molecular formula is C20H23N5O2S. The first-order chi connectivity index (χ1) is 13.7. The Bertz CT molecular complexity index is 924. The molecule has 0 spiro atoms. The van der Waals surface area contributed by atoms with Gasteiger partial charge in [0, 0.05) is 29.6 Å². The van der Waals surface area contributed by atoms with E-state index in [0.29, 0.717) is 18.8 Å². The van der Waals surface area contributed by atoms with E-state index >= 15 is 0 Å². The number of nitrogens with one attached hydrogen (secondary N) is 1. The number of hydrogen-bond donors (Lipinski definition) is 1. The van der Waals surface area contributed by atoms with Crippen LogP contribution in [0.2, 0.25) is 0 Å².